The van der Waals surface area contributed by atoms with Crippen LogP contribution in [0.3, 0.4) is 0 Å². The molecule has 232 valence electrons. The third-order valence-electron chi connectivity index (χ3n) is 7.25. The molecule has 44 heavy (non-hydrogen) atoms. The first-order chi connectivity index (χ1) is 20.8. The Labute approximate surface area is 261 Å². The number of aryl methyl sites for hydroxylation is 1. The molecular weight excluding hydrogens is 550 g/mol. The van der Waals surface area contributed by atoms with E-state index >= 15 is 0 Å². The molecule has 4 rings (SSSR count). The van der Waals surface area contributed by atoms with Crippen LogP contribution in [0, 0.1) is 0 Å². The highest BCUT2D eigenvalue weighted by atomic mass is 16.5. The molecule has 0 fully saturated rings. The molecule has 8 heteroatoms. The fourth-order valence-electron chi connectivity index (χ4n) is 4.94. The van der Waals surface area contributed by atoms with Crippen molar-refractivity contribution in [1.82, 2.24) is 20.1 Å². The minimum absolute atomic E-state index is 0.0662. The Morgan fingerprint density at radius 3 is 2.25 bits per heavy atom. The van der Waals surface area contributed by atoms with E-state index in [-0.39, 0.29) is 16.9 Å². The number of nitrogens with one attached hydrogen (secondary N) is 1. The van der Waals surface area contributed by atoms with E-state index in [1.54, 1.807) is 6.20 Å². The summed E-state index contributed by atoms with van der Waals surface area (Å²) < 4.78 is 7.82. The van der Waals surface area contributed by atoms with Gasteiger partial charge in [0.25, 0.3) is 0 Å². The molecule has 3 N–H and O–H groups in total. The first-order valence-corrected chi connectivity index (χ1v) is 15.3. The van der Waals surface area contributed by atoms with Crippen molar-refractivity contribution in [3.63, 3.8) is 0 Å². The van der Waals surface area contributed by atoms with Crippen molar-refractivity contribution >= 4 is 11.8 Å². The van der Waals surface area contributed by atoms with Crippen LogP contribution >= 0.6 is 0 Å². The van der Waals surface area contributed by atoms with Crippen LogP contribution in [0.1, 0.15) is 77.6 Å². The summed E-state index contributed by atoms with van der Waals surface area (Å²) in [6.07, 6.45) is 6.37. The van der Waals surface area contributed by atoms with Gasteiger partial charge in [0.1, 0.15) is 17.4 Å². The number of ether oxygens (including phenoxy) is 1. The number of hydrogen-bond acceptors (Lipinski definition) is 5. The van der Waals surface area contributed by atoms with Gasteiger partial charge >= 0.3 is 0 Å². The molecule has 0 aliphatic rings. The number of carbonyl (C=O) groups excluding carboxylic acids is 2. The van der Waals surface area contributed by atoms with Crippen LogP contribution < -0.4 is 15.8 Å². The Balaban J connectivity index is 1.34. The van der Waals surface area contributed by atoms with Crippen LogP contribution in [0.5, 0.6) is 5.75 Å². The number of hydrogen-bond donors (Lipinski definition) is 2. The van der Waals surface area contributed by atoms with Crippen LogP contribution in [0.4, 0.5) is 0 Å². The van der Waals surface area contributed by atoms with Gasteiger partial charge in [0.15, 0.2) is 0 Å². The van der Waals surface area contributed by atoms with Gasteiger partial charge in [-0.05, 0) is 99.0 Å². The average molecular weight is 596 g/mol. The maximum Gasteiger partial charge on any atom is 0.240 e. The molecule has 2 aromatic carbocycles. The van der Waals surface area contributed by atoms with Gasteiger partial charge in [-0.1, -0.05) is 45.0 Å². The molecule has 0 bridgehead atoms. The molecule has 2 heterocycles. The van der Waals surface area contributed by atoms with Crippen LogP contribution in [-0.2, 0) is 27.8 Å². The maximum absolute atomic E-state index is 12.7. The highest BCUT2D eigenvalue weighted by Crippen LogP contribution is 2.27. The summed E-state index contributed by atoms with van der Waals surface area (Å²) in [5.41, 5.74) is 11.4. The zero-order valence-corrected chi connectivity index (χ0v) is 26.8. The summed E-state index contributed by atoms with van der Waals surface area (Å²) in [4.78, 5) is 29.1. The molecule has 0 saturated carbocycles. The summed E-state index contributed by atoms with van der Waals surface area (Å²) >= 11 is 0. The number of aromatic nitrogens is 3. The normalized spacial score (nSPS) is 12.5. The molecule has 0 aliphatic carbocycles. The molecule has 4 aromatic rings. The molecule has 8 nitrogen and oxygen atoms in total. The van der Waals surface area contributed by atoms with Crippen molar-refractivity contribution < 1.29 is 14.3 Å². The second-order valence-electron chi connectivity index (χ2n) is 13.3. The minimum atomic E-state index is -0.778. The maximum atomic E-state index is 12.7. The van der Waals surface area contributed by atoms with Crippen LogP contribution in [-0.4, -0.2) is 38.2 Å². The SMILES string of the molecule is CC(C)(C)Oc1ccc(C[C@H](NC(=O)CCCCc2cc(-c3cccnc3)n(-c3ccc(C(C)(C)C)cc3)n2)C(N)=O)cc1. The standard InChI is InChI=1S/C36H45N5O3/c1-35(2,3)27-15-17-29(18-16-27)41-32(26-10-9-21-38-24-26)23-28(40-41)11-7-8-12-33(42)39-31(34(37)43)22-25-13-19-30(20-14-25)44-36(4,5)6/h9-10,13-21,23-24,31H,7-8,11-12,22H2,1-6H3,(H2,37,43)(H,39,42)/t31-/m0/s1. The van der Waals surface area contributed by atoms with E-state index in [0.717, 1.165) is 46.8 Å². The second-order valence-corrected chi connectivity index (χ2v) is 13.3. The molecule has 0 spiro atoms. The van der Waals surface area contributed by atoms with Crippen LogP contribution in [0.25, 0.3) is 16.9 Å². The zero-order valence-electron chi connectivity index (χ0n) is 26.8. The summed E-state index contributed by atoms with van der Waals surface area (Å²) in [6.45, 7) is 12.6. The monoisotopic (exact) mass is 595 g/mol. The number of rotatable bonds is 12. The summed E-state index contributed by atoms with van der Waals surface area (Å²) in [5, 5.41) is 7.74. The van der Waals surface area contributed by atoms with Crippen LogP contribution in [0.2, 0.25) is 0 Å². The molecular formula is C36H45N5O3. The highest BCUT2D eigenvalue weighted by Gasteiger charge is 2.20. The third-order valence-corrected chi connectivity index (χ3v) is 7.25. The van der Waals surface area contributed by atoms with E-state index in [4.69, 9.17) is 15.6 Å². The minimum Gasteiger partial charge on any atom is -0.488 e. The first-order valence-electron chi connectivity index (χ1n) is 15.3. The Bertz CT molecular complexity index is 1530. The number of carbonyl (C=O) groups is 2. The number of amides is 2. The number of nitrogens with two attached hydrogens (primary N) is 1. The fourth-order valence-corrected chi connectivity index (χ4v) is 4.94. The lowest BCUT2D eigenvalue weighted by molar-refractivity contribution is -0.127. The van der Waals surface area contributed by atoms with Crippen molar-refractivity contribution in [3.8, 4) is 22.7 Å². The molecule has 0 radical (unpaired) electrons. The number of unbranched alkanes of at least 4 members (excludes halogenated alkanes) is 1. The van der Waals surface area contributed by atoms with Gasteiger partial charge in [0.2, 0.25) is 11.8 Å². The molecule has 2 aromatic heterocycles. The molecule has 0 aliphatic heterocycles. The Morgan fingerprint density at radius 2 is 1.66 bits per heavy atom. The van der Waals surface area contributed by atoms with Crippen molar-refractivity contribution in [2.75, 3.05) is 0 Å². The van der Waals surface area contributed by atoms with E-state index in [1.807, 2.05) is 68.0 Å². The molecule has 0 unspecified atom stereocenters. The predicted octanol–water partition coefficient (Wildman–Crippen LogP) is 6.33. The highest BCUT2D eigenvalue weighted by molar-refractivity contribution is 5.86. The van der Waals surface area contributed by atoms with Gasteiger partial charge < -0.3 is 15.8 Å². The Morgan fingerprint density at radius 1 is 0.955 bits per heavy atom. The quantitative estimate of drug-likeness (QED) is 0.186. The van der Waals surface area contributed by atoms with Crippen molar-refractivity contribution in [2.45, 2.75) is 90.7 Å². The average Bonchev–Trinajstić information content (AvgIpc) is 3.39. The Hall–Kier alpha value is -4.46. The summed E-state index contributed by atoms with van der Waals surface area (Å²) in [5.74, 6) is -0.00360. The van der Waals surface area contributed by atoms with Gasteiger partial charge in [0.05, 0.1) is 17.1 Å². The van der Waals surface area contributed by atoms with E-state index in [1.165, 1.54) is 5.56 Å². The molecule has 1 atom stereocenters. The number of primary amides is 1. The number of pyridine rings is 1. The van der Waals surface area contributed by atoms with Gasteiger partial charge in [-0.25, -0.2) is 4.68 Å². The second kappa shape index (κ2) is 13.9. The lowest BCUT2D eigenvalue weighted by Gasteiger charge is -2.21. The number of nitrogens with zero attached hydrogens (tertiary/aromatic N) is 3. The zero-order chi connectivity index (χ0) is 31.9. The van der Waals surface area contributed by atoms with E-state index in [9.17, 15) is 9.59 Å². The van der Waals surface area contributed by atoms with Gasteiger partial charge in [0, 0.05) is 30.8 Å². The first kappa shape index (κ1) is 32.5. The third kappa shape index (κ3) is 9.27. The molecule has 2 amide bonds. The Kier molecular flexibility index (Phi) is 10.2. The fraction of sp³-hybridized carbons (Fsp3) is 0.389. The smallest absolute Gasteiger partial charge is 0.240 e. The van der Waals surface area contributed by atoms with Crippen molar-refractivity contribution in [1.29, 1.82) is 0 Å². The predicted molar refractivity (Wildman–Crippen MR) is 175 cm³/mol. The van der Waals surface area contributed by atoms with E-state index in [2.05, 4.69) is 61.4 Å². The van der Waals surface area contributed by atoms with E-state index < -0.39 is 11.9 Å². The van der Waals surface area contributed by atoms with Gasteiger partial charge in [-0.15, -0.1) is 0 Å². The van der Waals surface area contributed by atoms with Crippen molar-refractivity contribution in [3.05, 3.63) is 95.9 Å². The lowest BCUT2D eigenvalue weighted by Crippen LogP contribution is -2.45. The summed E-state index contributed by atoms with van der Waals surface area (Å²) in [6, 6.07) is 21.3. The largest absolute Gasteiger partial charge is 0.488 e. The van der Waals surface area contributed by atoms with Crippen LogP contribution in [0.15, 0.2) is 79.1 Å². The summed E-state index contributed by atoms with van der Waals surface area (Å²) in [7, 11) is 0. The lowest BCUT2D eigenvalue weighted by atomic mass is 9.87. The topological polar surface area (TPSA) is 112 Å². The van der Waals surface area contributed by atoms with Gasteiger partial charge in [-0.2, -0.15) is 5.10 Å². The molecule has 0 saturated heterocycles. The van der Waals surface area contributed by atoms with E-state index in [0.29, 0.717) is 19.3 Å². The number of benzene rings is 2. The van der Waals surface area contributed by atoms with Crippen molar-refractivity contribution in [2.24, 2.45) is 5.73 Å². The van der Waals surface area contributed by atoms with Gasteiger partial charge in [-0.3, -0.25) is 14.6 Å².